The highest BCUT2D eigenvalue weighted by Crippen LogP contribution is 2.30. The van der Waals surface area contributed by atoms with Crippen LogP contribution in [0.25, 0.3) is 11.4 Å². The lowest BCUT2D eigenvalue weighted by Crippen LogP contribution is -2.33. The quantitative estimate of drug-likeness (QED) is 0.920. The van der Waals surface area contributed by atoms with Crippen molar-refractivity contribution in [2.45, 2.75) is 32.4 Å². The molecule has 0 saturated carbocycles. The van der Waals surface area contributed by atoms with Gasteiger partial charge in [0.05, 0.1) is 24.9 Å². The van der Waals surface area contributed by atoms with Gasteiger partial charge in [-0.1, -0.05) is 13.3 Å². The standard InChI is InChI=1S/C14H19N5O/c1-3-4-11-14-18-17-13(19(14)8-7-16-11)10-5-6-15-9-12(10)20-2/h5-6,9,11,16H,3-4,7-8H2,1-2H3. The number of nitrogens with zero attached hydrogens (tertiary/aromatic N) is 4. The smallest absolute Gasteiger partial charge is 0.167 e. The summed E-state index contributed by atoms with van der Waals surface area (Å²) in [6, 6.07) is 2.22. The summed E-state index contributed by atoms with van der Waals surface area (Å²) in [6.07, 6.45) is 5.66. The van der Waals surface area contributed by atoms with E-state index in [4.69, 9.17) is 4.74 Å². The molecule has 0 aromatic carbocycles. The predicted molar refractivity (Wildman–Crippen MR) is 75.5 cm³/mol. The van der Waals surface area contributed by atoms with Crippen LogP contribution in [0.4, 0.5) is 0 Å². The van der Waals surface area contributed by atoms with Crippen LogP contribution < -0.4 is 10.1 Å². The van der Waals surface area contributed by atoms with Gasteiger partial charge in [0.15, 0.2) is 11.6 Å². The van der Waals surface area contributed by atoms with Crippen LogP contribution in [0.15, 0.2) is 18.5 Å². The van der Waals surface area contributed by atoms with Gasteiger partial charge >= 0.3 is 0 Å². The molecular weight excluding hydrogens is 254 g/mol. The maximum absolute atomic E-state index is 5.38. The molecule has 0 radical (unpaired) electrons. The Labute approximate surface area is 118 Å². The summed E-state index contributed by atoms with van der Waals surface area (Å²) in [5.41, 5.74) is 0.943. The maximum Gasteiger partial charge on any atom is 0.167 e. The monoisotopic (exact) mass is 273 g/mol. The van der Waals surface area contributed by atoms with Crippen molar-refractivity contribution in [1.29, 1.82) is 0 Å². The zero-order chi connectivity index (χ0) is 13.9. The zero-order valence-electron chi connectivity index (χ0n) is 11.8. The van der Waals surface area contributed by atoms with E-state index in [1.165, 1.54) is 0 Å². The zero-order valence-corrected chi connectivity index (χ0v) is 11.8. The molecule has 0 amide bonds. The topological polar surface area (TPSA) is 64.9 Å². The third kappa shape index (κ3) is 2.16. The predicted octanol–water partition coefficient (Wildman–Crippen LogP) is 1.79. The lowest BCUT2D eigenvalue weighted by atomic mass is 10.1. The lowest BCUT2D eigenvalue weighted by Gasteiger charge is -2.24. The largest absolute Gasteiger partial charge is 0.494 e. The third-order valence-electron chi connectivity index (χ3n) is 3.64. The van der Waals surface area contributed by atoms with Gasteiger partial charge in [-0.15, -0.1) is 10.2 Å². The molecule has 3 heterocycles. The minimum atomic E-state index is 0.294. The van der Waals surface area contributed by atoms with E-state index >= 15 is 0 Å². The van der Waals surface area contributed by atoms with Crippen LogP contribution in [-0.2, 0) is 6.54 Å². The van der Waals surface area contributed by atoms with Gasteiger partial charge in [-0.3, -0.25) is 4.98 Å². The molecule has 1 unspecified atom stereocenters. The molecule has 20 heavy (non-hydrogen) atoms. The number of methoxy groups -OCH3 is 1. The van der Waals surface area contributed by atoms with Crippen molar-refractivity contribution in [3.8, 4) is 17.1 Å². The van der Waals surface area contributed by atoms with E-state index in [1.54, 1.807) is 19.5 Å². The van der Waals surface area contributed by atoms with Gasteiger partial charge in [0, 0.05) is 19.3 Å². The molecule has 6 nitrogen and oxygen atoms in total. The molecule has 0 saturated heterocycles. The first-order valence-corrected chi connectivity index (χ1v) is 7.00. The maximum atomic E-state index is 5.38. The molecule has 106 valence electrons. The Morgan fingerprint density at radius 1 is 1.45 bits per heavy atom. The first-order chi connectivity index (χ1) is 9.85. The fourth-order valence-corrected chi connectivity index (χ4v) is 2.68. The number of ether oxygens (including phenoxy) is 1. The Kier molecular flexibility index (Phi) is 3.64. The second kappa shape index (κ2) is 5.58. The van der Waals surface area contributed by atoms with E-state index in [0.717, 1.165) is 48.9 Å². The molecule has 1 aliphatic heterocycles. The minimum Gasteiger partial charge on any atom is -0.494 e. The number of nitrogens with one attached hydrogen (secondary N) is 1. The van der Waals surface area contributed by atoms with Gasteiger partial charge in [-0.25, -0.2) is 0 Å². The SMILES string of the molecule is CCCC1NCCn2c(-c3ccncc3OC)nnc21. The van der Waals surface area contributed by atoms with E-state index in [9.17, 15) is 0 Å². The average Bonchev–Trinajstić information content (AvgIpc) is 2.92. The average molecular weight is 273 g/mol. The summed E-state index contributed by atoms with van der Waals surface area (Å²) >= 11 is 0. The number of fused-ring (bicyclic) bond motifs is 1. The van der Waals surface area contributed by atoms with Crippen LogP contribution in [0.5, 0.6) is 5.75 Å². The minimum absolute atomic E-state index is 0.294. The van der Waals surface area contributed by atoms with Crippen LogP contribution in [0, 0.1) is 0 Å². The van der Waals surface area contributed by atoms with E-state index < -0.39 is 0 Å². The van der Waals surface area contributed by atoms with Gasteiger partial charge in [0.2, 0.25) is 0 Å². The van der Waals surface area contributed by atoms with Gasteiger partial charge < -0.3 is 14.6 Å². The molecule has 0 bridgehead atoms. The lowest BCUT2D eigenvalue weighted by molar-refractivity contribution is 0.393. The highest BCUT2D eigenvalue weighted by atomic mass is 16.5. The third-order valence-corrected chi connectivity index (χ3v) is 3.64. The highest BCUT2D eigenvalue weighted by Gasteiger charge is 2.25. The van der Waals surface area contributed by atoms with Crippen LogP contribution >= 0.6 is 0 Å². The van der Waals surface area contributed by atoms with Crippen LogP contribution in [0.1, 0.15) is 31.6 Å². The van der Waals surface area contributed by atoms with E-state index in [1.807, 2.05) is 6.07 Å². The summed E-state index contributed by atoms with van der Waals surface area (Å²) in [7, 11) is 1.65. The van der Waals surface area contributed by atoms with Crippen molar-refractivity contribution in [3.63, 3.8) is 0 Å². The van der Waals surface area contributed by atoms with Crippen molar-refractivity contribution in [3.05, 3.63) is 24.3 Å². The van der Waals surface area contributed by atoms with Gasteiger partial charge in [0.1, 0.15) is 5.75 Å². The van der Waals surface area contributed by atoms with E-state index in [0.29, 0.717) is 6.04 Å². The van der Waals surface area contributed by atoms with Crippen LogP contribution in [-0.4, -0.2) is 33.4 Å². The molecule has 0 spiro atoms. The van der Waals surface area contributed by atoms with Gasteiger partial charge in [-0.05, 0) is 12.5 Å². The van der Waals surface area contributed by atoms with Crippen molar-refractivity contribution in [2.75, 3.05) is 13.7 Å². The summed E-state index contributed by atoms with van der Waals surface area (Å²) in [6.45, 7) is 4.00. The van der Waals surface area contributed by atoms with Crippen molar-refractivity contribution in [2.24, 2.45) is 0 Å². The summed E-state index contributed by atoms with van der Waals surface area (Å²) in [5.74, 6) is 2.61. The van der Waals surface area contributed by atoms with Gasteiger partial charge in [-0.2, -0.15) is 0 Å². The summed E-state index contributed by atoms with van der Waals surface area (Å²) in [4.78, 5) is 4.09. The fourth-order valence-electron chi connectivity index (χ4n) is 2.68. The molecule has 0 aliphatic carbocycles. The molecule has 6 heteroatoms. The second-order valence-corrected chi connectivity index (χ2v) is 4.90. The van der Waals surface area contributed by atoms with Gasteiger partial charge in [0.25, 0.3) is 0 Å². The van der Waals surface area contributed by atoms with Crippen LogP contribution in [0.3, 0.4) is 0 Å². The Morgan fingerprint density at radius 2 is 2.35 bits per heavy atom. The van der Waals surface area contributed by atoms with Crippen molar-refractivity contribution >= 4 is 0 Å². The Morgan fingerprint density at radius 3 is 3.15 bits per heavy atom. The number of hydrogen-bond donors (Lipinski definition) is 1. The molecule has 1 N–H and O–H groups in total. The van der Waals surface area contributed by atoms with Crippen molar-refractivity contribution in [1.82, 2.24) is 25.1 Å². The summed E-state index contributed by atoms with van der Waals surface area (Å²) in [5, 5.41) is 12.3. The van der Waals surface area contributed by atoms with E-state index in [-0.39, 0.29) is 0 Å². The van der Waals surface area contributed by atoms with E-state index in [2.05, 4.69) is 32.0 Å². The Hall–Kier alpha value is -1.95. The Balaban J connectivity index is 2.04. The van der Waals surface area contributed by atoms with Crippen LogP contribution in [0.2, 0.25) is 0 Å². The van der Waals surface area contributed by atoms with Crippen molar-refractivity contribution < 1.29 is 4.74 Å². The molecular formula is C14H19N5O. The number of aromatic nitrogens is 4. The molecule has 2 aromatic rings. The first-order valence-electron chi connectivity index (χ1n) is 7.00. The molecule has 3 rings (SSSR count). The molecule has 2 aromatic heterocycles. The molecule has 0 fully saturated rings. The second-order valence-electron chi connectivity index (χ2n) is 4.90. The first kappa shape index (κ1) is 13.1. The fraction of sp³-hybridized carbons (Fsp3) is 0.500. The molecule has 1 aliphatic rings. The number of pyridine rings is 1. The highest BCUT2D eigenvalue weighted by molar-refractivity contribution is 5.63. The number of hydrogen-bond acceptors (Lipinski definition) is 5. The number of rotatable bonds is 4. The molecule has 1 atom stereocenters. The normalized spacial score (nSPS) is 17.8. The Bertz CT molecular complexity index is 595. The summed E-state index contributed by atoms with van der Waals surface area (Å²) < 4.78 is 7.56.